The maximum Gasteiger partial charge on any atom is 0.229 e. The van der Waals surface area contributed by atoms with Gasteiger partial charge in [0.05, 0.1) is 6.26 Å². The largest absolute Gasteiger partial charge is 0.284 e. The summed E-state index contributed by atoms with van der Waals surface area (Å²) in [4.78, 5) is 0. The van der Waals surface area contributed by atoms with E-state index in [1.165, 1.54) is 42.2 Å². The number of benzene rings is 2. The van der Waals surface area contributed by atoms with Crippen molar-refractivity contribution in [1.29, 1.82) is 0 Å². The fourth-order valence-corrected chi connectivity index (χ4v) is 5.26. The number of sulfonamides is 1. The number of aryl methyl sites for hydroxylation is 2. The van der Waals surface area contributed by atoms with Crippen molar-refractivity contribution in [3.8, 4) is 0 Å². The molecule has 4 heteroatoms. The maximum atomic E-state index is 11.6. The zero-order valence-corrected chi connectivity index (χ0v) is 18.4. The van der Waals surface area contributed by atoms with Crippen LogP contribution < -0.4 is 4.72 Å². The van der Waals surface area contributed by atoms with Crippen LogP contribution in [0.25, 0.3) is 0 Å². The van der Waals surface area contributed by atoms with E-state index in [4.69, 9.17) is 0 Å². The Balaban J connectivity index is 1.66. The van der Waals surface area contributed by atoms with Gasteiger partial charge in [0.2, 0.25) is 10.0 Å². The van der Waals surface area contributed by atoms with Crippen LogP contribution in [0.4, 0.5) is 5.69 Å². The lowest BCUT2D eigenvalue weighted by atomic mass is 9.61. The van der Waals surface area contributed by atoms with Gasteiger partial charge in [-0.15, -0.1) is 0 Å². The molecule has 3 unspecified atom stereocenters. The molecule has 0 aromatic heterocycles. The van der Waals surface area contributed by atoms with E-state index in [0.29, 0.717) is 11.6 Å². The van der Waals surface area contributed by atoms with Crippen LogP contribution in [0.15, 0.2) is 48.5 Å². The van der Waals surface area contributed by atoms with Crippen molar-refractivity contribution < 1.29 is 8.42 Å². The van der Waals surface area contributed by atoms with Crippen LogP contribution in [0.3, 0.4) is 0 Å². The van der Waals surface area contributed by atoms with Gasteiger partial charge in [-0.25, -0.2) is 8.42 Å². The predicted molar refractivity (Wildman–Crippen MR) is 118 cm³/mol. The lowest BCUT2D eigenvalue weighted by molar-refractivity contribution is 0.161. The minimum Gasteiger partial charge on any atom is -0.284 e. The Kier molecular flexibility index (Phi) is 6.18. The summed E-state index contributed by atoms with van der Waals surface area (Å²) in [5.41, 5.74) is 4.78. The van der Waals surface area contributed by atoms with Crippen LogP contribution in [-0.2, 0) is 21.9 Å². The molecule has 0 spiro atoms. The van der Waals surface area contributed by atoms with Crippen molar-refractivity contribution >= 4 is 15.7 Å². The van der Waals surface area contributed by atoms with Crippen molar-refractivity contribution in [2.75, 3.05) is 11.0 Å². The molecule has 3 nitrogen and oxygen atoms in total. The molecule has 0 radical (unpaired) electrons. The van der Waals surface area contributed by atoms with Gasteiger partial charge in [-0.1, -0.05) is 55.8 Å². The molecular formula is C24H33NO2S. The predicted octanol–water partition coefficient (Wildman–Crippen LogP) is 5.69. The number of anilines is 1. The number of rotatable bonds is 6. The highest BCUT2D eigenvalue weighted by Crippen LogP contribution is 2.46. The van der Waals surface area contributed by atoms with E-state index < -0.39 is 10.0 Å². The van der Waals surface area contributed by atoms with Gasteiger partial charge in [0.15, 0.2) is 0 Å². The molecule has 0 bridgehead atoms. The molecule has 1 aliphatic rings. The van der Waals surface area contributed by atoms with Crippen LogP contribution in [0.5, 0.6) is 0 Å². The minimum atomic E-state index is -3.25. The Morgan fingerprint density at radius 1 is 1.14 bits per heavy atom. The summed E-state index contributed by atoms with van der Waals surface area (Å²) < 4.78 is 25.8. The SMILES string of the molecule is Cc1cccc(CCC2CCC(C)(c3cccc(NS(C)(=O)=O)c3)C(C)C2)c1. The summed E-state index contributed by atoms with van der Waals surface area (Å²) in [6.07, 6.45) is 7.21. The number of nitrogens with one attached hydrogen (secondary N) is 1. The smallest absolute Gasteiger partial charge is 0.229 e. The van der Waals surface area contributed by atoms with E-state index in [0.717, 1.165) is 18.8 Å². The lowest BCUT2D eigenvalue weighted by Gasteiger charge is -2.44. The third-order valence-electron chi connectivity index (χ3n) is 6.60. The molecule has 1 aliphatic carbocycles. The fraction of sp³-hybridized carbons (Fsp3) is 0.500. The third kappa shape index (κ3) is 5.16. The molecular weight excluding hydrogens is 366 g/mol. The van der Waals surface area contributed by atoms with Crippen molar-refractivity contribution in [1.82, 2.24) is 0 Å². The second kappa shape index (κ2) is 8.28. The van der Waals surface area contributed by atoms with E-state index >= 15 is 0 Å². The molecule has 1 N–H and O–H groups in total. The first-order chi connectivity index (χ1) is 13.2. The zero-order valence-electron chi connectivity index (χ0n) is 17.5. The monoisotopic (exact) mass is 399 g/mol. The summed E-state index contributed by atoms with van der Waals surface area (Å²) >= 11 is 0. The minimum absolute atomic E-state index is 0.0923. The quantitative estimate of drug-likeness (QED) is 0.678. The summed E-state index contributed by atoms with van der Waals surface area (Å²) in [5.74, 6) is 1.33. The van der Waals surface area contributed by atoms with Crippen LogP contribution in [-0.4, -0.2) is 14.7 Å². The standard InChI is InChI=1S/C24H33NO2S/c1-18-7-5-8-20(15-18)11-12-21-13-14-24(3,19(2)16-21)22-9-6-10-23(17-22)25-28(4,26)27/h5-10,15,17,19,21,25H,11-14,16H2,1-4H3. The van der Waals surface area contributed by atoms with Crippen molar-refractivity contribution in [2.24, 2.45) is 11.8 Å². The van der Waals surface area contributed by atoms with Gasteiger partial charge in [0, 0.05) is 5.69 Å². The molecule has 1 saturated carbocycles. The molecule has 28 heavy (non-hydrogen) atoms. The second-order valence-electron chi connectivity index (χ2n) is 8.94. The van der Waals surface area contributed by atoms with E-state index in [2.05, 4.69) is 55.8 Å². The molecule has 1 fully saturated rings. The maximum absolute atomic E-state index is 11.6. The van der Waals surface area contributed by atoms with Crippen molar-refractivity contribution in [2.45, 2.75) is 58.3 Å². The Morgan fingerprint density at radius 2 is 1.89 bits per heavy atom. The highest BCUT2D eigenvalue weighted by molar-refractivity contribution is 7.92. The number of hydrogen-bond donors (Lipinski definition) is 1. The zero-order chi connectivity index (χ0) is 20.4. The number of hydrogen-bond acceptors (Lipinski definition) is 2. The lowest BCUT2D eigenvalue weighted by Crippen LogP contribution is -2.36. The van der Waals surface area contributed by atoms with Gasteiger partial charge in [0.25, 0.3) is 0 Å². The van der Waals surface area contributed by atoms with E-state index in [-0.39, 0.29) is 5.41 Å². The van der Waals surface area contributed by atoms with Crippen LogP contribution in [0.1, 0.15) is 56.2 Å². The topological polar surface area (TPSA) is 46.2 Å². The van der Waals surface area contributed by atoms with Gasteiger partial charge in [0.1, 0.15) is 0 Å². The van der Waals surface area contributed by atoms with Gasteiger partial charge < -0.3 is 0 Å². The first-order valence-electron chi connectivity index (χ1n) is 10.3. The summed E-state index contributed by atoms with van der Waals surface area (Å²) in [7, 11) is -3.25. The molecule has 2 aromatic rings. The van der Waals surface area contributed by atoms with Crippen molar-refractivity contribution in [3.63, 3.8) is 0 Å². The Labute approximate surface area is 170 Å². The highest BCUT2D eigenvalue weighted by atomic mass is 32.2. The summed E-state index contributed by atoms with van der Waals surface area (Å²) in [6, 6.07) is 16.8. The van der Waals surface area contributed by atoms with Crippen LogP contribution in [0.2, 0.25) is 0 Å². The van der Waals surface area contributed by atoms with Crippen LogP contribution >= 0.6 is 0 Å². The normalized spacial score (nSPS) is 25.4. The molecule has 0 aliphatic heterocycles. The molecule has 3 rings (SSSR count). The van der Waals surface area contributed by atoms with Crippen LogP contribution in [0, 0.1) is 18.8 Å². The Morgan fingerprint density at radius 3 is 2.57 bits per heavy atom. The molecule has 0 heterocycles. The van der Waals surface area contributed by atoms with Gasteiger partial charge in [-0.3, -0.25) is 4.72 Å². The summed E-state index contributed by atoms with van der Waals surface area (Å²) in [6.45, 7) is 6.86. The third-order valence-corrected chi connectivity index (χ3v) is 7.20. The molecule has 3 atom stereocenters. The van der Waals surface area contributed by atoms with E-state index in [9.17, 15) is 8.42 Å². The van der Waals surface area contributed by atoms with E-state index in [1.54, 1.807) is 0 Å². The first-order valence-corrected chi connectivity index (χ1v) is 12.2. The van der Waals surface area contributed by atoms with Gasteiger partial charge in [-0.2, -0.15) is 0 Å². The summed E-state index contributed by atoms with van der Waals surface area (Å²) in [5, 5.41) is 0. The molecule has 2 aromatic carbocycles. The Hall–Kier alpha value is -1.81. The second-order valence-corrected chi connectivity index (χ2v) is 10.7. The molecule has 152 valence electrons. The van der Waals surface area contributed by atoms with Crippen molar-refractivity contribution in [3.05, 3.63) is 65.2 Å². The average Bonchev–Trinajstić information content (AvgIpc) is 2.62. The molecule has 0 saturated heterocycles. The van der Waals surface area contributed by atoms with E-state index in [1.807, 2.05) is 18.2 Å². The van der Waals surface area contributed by atoms with Gasteiger partial charge in [-0.05, 0) is 79.5 Å². The van der Waals surface area contributed by atoms with Gasteiger partial charge >= 0.3 is 0 Å². The molecule has 0 amide bonds. The first kappa shape index (κ1) is 20.9. The fourth-order valence-electron chi connectivity index (χ4n) is 4.71. The average molecular weight is 400 g/mol. The highest BCUT2D eigenvalue weighted by Gasteiger charge is 2.38. The Bertz CT molecular complexity index is 922.